The molecule has 0 atom stereocenters. The van der Waals surface area contributed by atoms with Crippen LogP contribution in [0.15, 0.2) is 72.9 Å². The van der Waals surface area contributed by atoms with Crippen LogP contribution in [0.1, 0.15) is 38.3 Å². The second-order valence-electron chi connectivity index (χ2n) is 8.53. The number of methoxy groups -OCH3 is 1. The molecule has 0 unspecified atom stereocenters. The first kappa shape index (κ1) is 22.4. The van der Waals surface area contributed by atoms with Gasteiger partial charge in [-0.1, -0.05) is 18.2 Å². The molecule has 0 bridgehead atoms. The third-order valence-corrected chi connectivity index (χ3v) is 6.33. The number of carbonyl (C=O) groups is 3. The fourth-order valence-electron chi connectivity index (χ4n) is 4.42. The molecule has 1 aliphatic rings. The van der Waals surface area contributed by atoms with Gasteiger partial charge in [-0.2, -0.15) is 0 Å². The largest absolute Gasteiger partial charge is 0.497 e. The second kappa shape index (κ2) is 9.46. The Labute approximate surface area is 202 Å². The Kier molecular flexibility index (Phi) is 6.06. The first-order chi connectivity index (χ1) is 17.0. The number of aryl methyl sites for hydroxylation is 1. The lowest BCUT2D eigenvalue weighted by Crippen LogP contribution is -2.31. The first-order valence-electron chi connectivity index (χ1n) is 11.5. The summed E-state index contributed by atoms with van der Waals surface area (Å²) in [6.07, 6.45) is 3.42. The van der Waals surface area contributed by atoms with Gasteiger partial charge in [0, 0.05) is 35.8 Å². The summed E-state index contributed by atoms with van der Waals surface area (Å²) in [5.41, 5.74) is 4.71. The van der Waals surface area contributed by atoms with Gasteiger partial charge < -0.3 is 15.0 Å². The topological polar surface area (TPSA) is 91.5 Å². The van der Waals surface area contributed by atoms with Gasteiger partial charge in [0.1, 0.15) is 5.75 Å². The van der Waals surface area contributed by atoms with E-state index in [-0.39, 0.29) is 17.7 Å². The number of aromatic nitrogens is 1. The van der Waals surface area contributed by atoms with Crippen molar-refractivity contribution in [3.05, 3.63) is 95.2 Å². The molecule has 3 aromatic carbocycles. The summed E-state index contributed by atoms with van der Waals surface area (Å²) >= 11 is 0. The normalized spacial score (nSPS) is 12.8. The number of nitrogens with one attached hydrogen (secondary N) is 2. The molecule has 0 spiro atoms. The number of benzene rings is 3. The number of carbonyl (C=O) groups excluding carboxylic acids is 3. The standard InChI is InChI=1S/C28H25N3O4/c1-35-21-10-8-20(9-11-21)30-26(32)13-7-18-6-12-25-24(16-18)19(17-29-25)14-15-31-27(33)22-4-2-3-5-23(22)28(31)34/h2-6,8-12,16-17,29H,7,13-15H2,1H3,(H,30,32). The molecule has 7 heteroatoms. The van der Waals surface area contributed by atoms with Gasteiger partial charge >= 0.3 is 0 Å². The number of anilines is 1. The molecule has 4 aromatic rings. The summed E-state index contributed by atoms with van der Waals surface area (Å²) in [7, 11) is 1.60. The van der Waals surface area contributed by atoms with Crippen LogP contribution < -0.4 is 10.1 Å². The van der Waals surface area contributed by atoms with Crippen molar-refractivity contribution in [2.75, 3.05) is 19.0 Å². The third-order valence-electron chi connectivity index (χ3n) is 6.33. The van der Waals surface area contributed by atoms with E-state index >= 15 is 0 Å². The summed E-state index contributed by atoms with van der Waals surface area (Å²) in [5, 5.41) is 3.94. The maximum atomic E-state index is 12.6. The Morgan fingerprint density at radius 1 is 0.943 bits per heavy atom. The number of fused-ring (bicyclic) bond motifs is 2. The van der Waals surface area contributed by atoms with Crippen molar-refractivity contribution in [3.8, 4) is 5.75 Å². The van der Waals surface area contributed by atoms with Gasteiger partial charge in [-0.05, 0) is 72.5 Å². The van der Waals surface area contributed by atoms with E-state index in [0.29, 0.717) is 36.9 Å². The van der Waals surface area contributed by atoms with E-state index in [0.717, 1.165) is 33.5 Å². The molecule has 0 saturated heterocycles. The minimum absolute atomic E-state index is 0.0600. The lowest BCUT2D eigenvalue weighted by molar-refractivity contribution is -0.116. The van der Waals surface area contributed by atoms with E-state index in [4.69, 9.17) is 4.74 Å². The lowest BCUT2D eigenvalue weighted by Gasteiger charge is -2.13. The number of rotatable bonds is 8. The Hall–Kier alpha value is -4.39. The fraction of sp³-hybridized carbons (Fsp3) is 0.179. The van der Waals surface area contributed by atoms with Gasteiger partial charge in [0.2, 0.25) is 5.91 Å². The van der Waals surface area contributed by atoms with E-state index in [9.17, 15) is 14.4 Å². The van der Waals surface area contributed by atoms with Gasteiger partial charge in [0.15, 0.2) is 0 Å². The number of nitrogens with zero attached hydrogens (tertiary/aromatic N) is 1. The SMILES string of the molecule is COc1ccc(NC(=O)CCc2ccc3[nH]cc(CCN4C(=O)c5ccccc5C4=O)c3c2)cc1. The second-order valence-corrected chi connectivity index (χ2v) is 8.53. The van der Waals surface area contributed by atoms with Crippen molar-refractivity contribution in [2.45, 2.75) is 19.3 Å². The van der Waals surface area contributed by atoms with E-state index < -0.39 is 0 Å². The smallest absolute Gasteiger partial charge is 0.261 e. The molecular formula is C28H25N3O4. The number of ether oxygens (including phenoxy) is 1. The van der Waals surface area contributed by atoms with E-state index in [1.165, 1.54) is 4.90 Å². The highest BCUT2D eigenvalue weighted by molar-refractivity contribution is 6.21. The van der Waals surface area contributed by atoms with Crippen LogP contribution in [0.4, 0.5) is 5.69 Å². The Morgan fingerprint density at radius 3 is 2.34 bits per heavy atom. The molecule has 176 valence electrons. The van der Waals surface area contributed by atoms with Crippen molar-refractivity contribution in [1.82, 2.24) is 9.88 Å². The van der Waals surface area contributed by atoms with Gasteiger partial charge in [-0.15, -0.1) is 0 Å². The van der Waals surface area contributed by atoms with E-state index in [1.807, 2.05) is 30.5 Å². The van der Waals surface area contributed by atoms with Crippen LogP contribution in [0, 0.1) is 0 Å². The summed E-state index contributed by atoms with van der Waals surface area (Å²) in [6, 6.07) is 20.2. The highest BCUT2D eigenvalue weighted by Gasteiger charge is 2.34. The number of amides is 3. The van der Waals surface area contributed by atoms with Crippen LogP contribution in [0.25, 0.3) is 10.9 Å². The molecule has 7 nitrogen and oxygen atoms in total. The van der Waals surface area contributed by atoms with E-state index in [1.54, 1.807) is 43.5 Å². The summed E-state index contributed by atoms with van der Waals surface area (Å²) < 4.78 is 5.14. The van der Waals surface area contributed by atoms with Gasteiger partial charge in [0.25, 0.3) is 11.8 Å². The van der Waals surface area contributed by atoms with Gasteiger partial charge in [-0.25, -0.2) is 0 Å². The zero-order valence-corrected chi connectivity index (χ0v) is 19.3. The molecule has 1 aromatic heterocycles. The minimum Gasteiger partial charge on any atom is -0.497 e. The monoisotopic (exact) mass is 467 g/mol. The summed E-state index contributed by atoms with van der Waals surface area (Å²) in [5.74, 6) is 0.194. The number of hydrogen-bond donors (Lipinski definition) is 2. The van der Waals surface area contributed by atoms with Crippen LogP contribution in [0.2, 0.25) is 0 Å². The predicted molar refractivity (Wildman–Crippen MR) is 134 cm³/mol. The maximum absolute atomic E-state index is 12.6. The van der Waals surface area contributed by atoms with Crippen LogP contribution in [-0.4, -0.2) is 41.3 Å². The molecule has 1 aliphatic heterocycles. The number of aromatic amines is 1. The zero-order chi connectivity index (χ0) is 24.4. The maximum Gasteiger partial charge on any atom is 0.261 e. The molecule has 3 amide bonds. The Bertz CT molecular complexity index is 1390. The zero-order valence-electron chi connectivity index (χ0n) is 19.3. The molecule has 35 heavy (non-hydrogen) atoms. The van der Waals surface area contributed by atoms with Crippen molar-refractivity contribution in [2.24, 2.45) is 0 Å². The third kappa shape index (κ3) is 4.53. The van der Waals surface area contributed by atoms with Crippen LogP contribution in [0.5, 0.6) is 5.75 Å². The Morgan fingerprint density at radius 2 is 1.66 bits per heavy atom. The molecule has 0 fully saturated rings. The molecule has 0 radical (unpaired) electrons. The molecule has 2 heterocycles. The van der Waals surface area contributed by atoms with Crippen LogP contribution in [0.3, 0.4) is 0 Å². The highest BCUT2D eigenvalue weighted by Crippen LogP contribution is 2.25. The first-order valence-corrected chi connectivity index (χ1v) is 11.5. The minimum atomic E-state index is -0.242. The molecule has 0 aliphatic carbocycles. The van der Waals surface area contributed by atoms with Crippen LogP contribution in [-0.2, 0) is 17.6 Å². The molecule has 2 N–H and O–H groups in total. The fourth-order valence-corrected chi connectivity index (χ4v) is 4.42. The average Bonchev–Trinajstić information content (AvgIpc) is 3.40. The van der Waals surface area contributed by atoms with Crippen molar-refractivity contribution < 1.29 is 19.1 Å². The summed E-state index contributed by atoms with van der Waals surface area (Å²) in [6.45, 7) is 0.313. The van der Waals surface area contributed by atoms with Gasteiger partial charge in [-0.3, -0.25) is 19.3 Å². The molecule has 5 rings (SSSR count). The number of H-pyrrole nitrogens is 1. The van der Waals surface area contributed by atoms with Crippen molar-refractivity contribution >= 4 is 34.3 Å². The van der Waals surface area contributed by atoms with Gasteiger partial charge in [0.05, 0.1) is 18.2 Å². The van der Waals surface area contributed by atoms with Crippen molar-refractivity contribution in [3.63, 3.8) is 0 Å². The van der Waals surface area contributed by atoms with Crippen LogP contribution >= 0.6 is 0 Å². The average molecular weight is 468 g/mol. The quantitative estimate of drug-likeness (QED) is 0.371. The molecular weight excluding hydrogens is 442 g/mol. The number of hydrogen-bond acceptors (Lipinski definition) is 4. The number of imide groups is 1. The molecule has 0 saturated carbocycles. The lowest BCUT2D eigenvalue weighted by atomic mass is 10.0. The van der Waals surface area contributed by atoms with E-state index in [2.05, 4.69) is 16.4 Å². The predicted octanol–water partition coefficient (Wildman–Crippen LogP) is 4.59. The van der Waals surface area contributed by atoms with Crippen molar-refractivity contribution in [1.29, 1.82) is 0 Å². The summed E-state index contributed by atoms with van der Waals surface area (Å²) in [4.78, 5) is 42.3. The highest BCUT2D eigenvalue weighted by atomic mass is 16.5. The Balaban J connectivity index is 1.22.